The number of anilines is 1. The fraction of sp³-hybridized carbons (Fsp3) is 0.364. The van der Waals surface area contributed by atoms with E-state index < -0.39 is 16.1 Å². The smallest absolute Gasteiger partial charge is 0.409 e. The monoisotopic (exact) mass is 617 g/mol. The molecule has 1 heterocycles. The first-order chi connectivity index (χ1) is 21.2. The van der Waals surface area contributed by atoms with Crippen molar-refractivity contribution in [3.05, 3.63) is 78.1 Å². The number of amides is 3. The van der Waals surface area contributed by atoms with E-state index in [1.54, 1.807) is 12.1 Å². The summed E-state index contributed by atoms with van der Waals surface area (Å²) in [5.41, 5.74) is 5.07. The van der Waals surface area contributed by atoms with Crippen molar-refractivity contribution in [1.29, 1.82) is 0 Å². The number of carbonyl (C=O) groups excluding carboxylic acids is 2. The highest BCUT2D eigenvalue weighted by molar-refractivity contribution is 7.89. The number of hydrogen-bond acceptors (Lipinski definition) is 6. The van der Waals surface area contributed by atoms with Crippen molar-refractivity contribution in [2.45, 2.75) is 70.9 Å². The molecule has 1 saturated carbocycles. The SMILES string of the molecule is CCCCc1nc2ccc(NC(=O)NC3CCCCC3)cc2n1Cc1ccc(-c2ccccc2OC(=O)NS(C)(=O)=O)cc1. The highest BCUT2D eigenvalue weighted by Crippen LogP contribution is 2.31. The summed E-state index contributed by atoms with van der Waals surface area (Å²) in [4.78, 5) is 29.7. The van der Waals surface area contributed by atoms with Crippen LogP contribution in [0, 0.1) is 0 Å². The molecule has 3 aromatic carbocycles. The van der Waals surface area contributed by atoms with Crippen molar-refractivity contribution in [2.75, 3.05) is 11.6 Å². The fourth-order valence-electron chi connectivity index (χ4n) is 5.59. The number of para-hydroxylation sites is 1. The second-order valence-corrected chi connectivity index (χ2v) is 13.1. The van der Waals surface area contributed by atoms with Gasteiger partial charge >= 0.3 is 12.1 Å². The number of aryl methyl sites for hydroxylation is 1. The number of sulfonamides is 1. The third kappa shape index (κ3) is 8.16. The third-order valence-corrected chi connectivity index (χ3v) is 8.28. The number of urea groups is 1. The van der Waals surface area contributed by atoms with Gasteiger partial charge in [-0.05, 0) is 54.7 Å². The van der Waals surface area contributed by atoms with Gasteiger partial charge in [0.25, 0.3) is 0 Å². The summed E-state index contributed by atoms with van der Waals surface area (Å²) in [5, 5.41) is 6.13. The van der Waals surface area contributed by atoms with Gasteiger partial charge in [0, 0.05) is 30.3 Å². The largest absolute Gasteiger partial charge is 0.426 e. The van der Waals surface area contributed by atoms with Crippen LogP contribution < -0.4 is 20.1 Å². The third-order valence-electron chi connectivity index (χ3n) is 7.74. The molecule has 44 heavy (non-hydrogen) atoms. The Hall–Kier alpha value is -4.38. The quantitative estimate of drug-likeness (QED) is 0.184. The number of nitrogens with one attached hydrogen (secondary N) is 3. The Kier molecular flexibility index (Phi) is 9.84. The normalized spacial score (nSPS) is 13.9. The molecule has 0 bridgehead atoms. The van der Waals surface area contributed by atoms with Crippen LogP contribution in [0.25, 0.3) is 22.2 Å². The molecule has 1 aliphatic rings. The van der Waals surface area contributed by atoms with Crippen LogP contribution in [-0.2, 0) is 23.0 Å². The molecule has 232 valence electrons. The van der Waals surface area contributed by atoms with E-state index in [0.29, 0.717) is 12.1 Å². The van der Waals surface area contributed by atoms with Gasteiger partial charge < -0.3 is 19.9 Å². The number of ether oxygens (including phenoxy) is 1. The maximum Gasteiger partial charge on any atom is 0.426 e. The molecule has 0 spiro atoms. The number of benzene rings is 3. The lowest BCUT2D eigenvalue weighted by Crippen LogP contribution is -2.39. The van der Waals surface area contributed by atoms with Crippen LogP contribution in [0.5, 0.6) is 5.75 Å². The highest BCUT2D eigenvalue weighted by Gasteiger charge is 2.18. The van der Waals surface area contributed by atoms with E-state index in [9.17, 15) is 18.0 Å². The minimum Gasteiger partial charge on any atom is -0.409 e. The molecule has 0 radical (unpaired) electrons. The summed E-state index contributed by atoms with van der Waals surface area (Å²) >= 11 is 0. The Balaban J connectivity index is 1.36. The fourth-order valence-corrected chi connectivity index (χ4v) is 5.93. The van der Waals surface area contributed by atoms with Crippen LogP contribution in [0.4, 0.5) is 15.3 Å². The maximum absolute atomic E-state index is 12.7. The zero-order valence-corrected chi connectivity index (χ0v) is 26.0. The minimum absolute atomic E-state index is 0.179. The number of imidazole rings is 1. The van der Waals surface area contributed by atoms with Gasteiger partial charge in [0.05, 0.1) is 17.3 Å². The average molecular weight is 618 g/mol. The molecule has 1 fully saturated rings. The van der Waals surface area contributed by atoms with E-state index in [1.165, 1.54) is 6.42 Å². The number of hydrogen-bond donors (Lipinski definition) is 3. The lowest BCUT2D eigenvalue weighted by molar-refractivity contribution is 0.207. The van der Waals surface area contributed by atoms with Crippen molar-refractivity contribution in [2.24, 2.45) is 0 Å². The molecule has 5 rings (SSSR count). The molecule has 0 aliphatic heterocycles. The van der Waals surface area contributed by atoms with Crippen LogP contribution in [0.2, 0.25) is 0 Å². The molecule has 4 aromatic rings. The molecule has 0 saturated heterocycles. The minimum atomic E-state index is -3.75. The number of nitrogens with zero attached hydrogens (tertiary/aromatic N) is 2. The van der Waals surface area contributed by atoms with Gasteiger partial charge in [0.1, 0.15) is 11.6 Å². The molecule has 0 unspecified atom stereocenters. The second kappa shape index (κ2) is 13.9. The zero-order chi connectivity index (χ0) is 31.1. The first-order valence-electron chi connectivity index (χ1n) is 15.1. The number of aromatic nitrogens is 2. The molecule has 0 atom stereocenters. The van der Waals surface area contributed by atoms with Crippen LogP contribution in [0.15, 0.2) is 66.7 Å². The molecule has 3 N–H and O–H groups in total. The molecule has 10 nitrogen and oxygen atoms in total. The molecular weight excluding hydrogens is 578 g/mol. The van der Waals surface area contributed by atoms with Crippen molar-refractivity contribution >= 4 is 38.9 Å². The van der Waals surface area contributed by atoms with E-state index >= 15 is 0 Å². The number of fused-ring (bicyclic) bond motifs is 1. The van der Waals surface area contributed by atoms with E-state index in [1.807, 2.05) is 59.3 Å². The van der Waals surface area contributed by atoms with Crippen LogP contribution in [0.1, 0.15) is 63.3 Å². The Bertz CT molecular complexity index is 1730. The number of rotatable bonds is 10. The average Bonchev–Trinajstić information content (AvgIpc) is 3.32. The number of unbranched alkanes of at least 4 members (excludes halogenated alkanes) is 1. The molecule has 1 aliphatic carbocycles. The Morgan fingerprint density at radius 2 is 1.75 bits per heavy atom. The summed E-state index contributed by atoms with van der Waals surface area (Å²) in [7, 11) is -3.75. The van der Waals surface area contributed by atoms with E-state index in [4.69, 9.17) is 9.72 Å². The van der Waals surface area contributed by atoms with Gasteiger partial charge in [-0.15, -0.1) is 0 Å². The summed E-state index contributed by atoms with van der Waals surface area (Å²) in [5.74, 6) is 1.24. The Labute approximate surface area is 258 Å². The van der Waals surface area contributed by atoms with Gasteiger partial charge in [-0.3, -0.25) is 0 Å². The van der Waals surface area contributed by atoms with E-state index in [2.05, 4.69) is 22.1 Å². The van der Waals surface area contributed by atoms with Gasteiger partial charge in [-0.25, -0.2) is 27.7 Å². The predicted molar refractivity (Wildman–Crippen MR) is 172 cm³/mol. The van der Waals surface area contributed by atoms with Crippen molar-refractivity contribution in [3.63, 3.8) is 0 Å². The standard InChI is InChI=1S/C33H39N5O5S/c1-3-4-14-31-36-28-20-19-26(35-32(39)34-25-10-6-5-7-11-25)21-29(28)38(31)22-23-15-17-24(18-16-23)27-12-8-9-13-30(27)43-33(40)37-44(2,41)42/h8-9,12-13,15-21,25H,3-7,10-11,14,22H2,1-2H3,(H,37,40)(H2,34,35,39). The predicted octanol–water partition coefficient (Wildman–Crippen LogP) is 6.60. The van der Waals surface area contributed by atoms with Crippen molar-refractivity contribution < 1.29 is 22.7 Å². The first kappa shape index (κ1) is 31.1. The summed E-state index contributed by atoms with van der Waals surface area (Å²) in [6.07, 6.45) is 8.32. The maximum atomic E-state index is 12.7. The Morgan fingerprint density at radius 1 is 1.00 bits per heavy atom. The summed E-state index contributed by atoms with van der Waals surface area (Å²) in [6, 6.07) is 20.8. The summed E-state index contributed by atoms with van der Waals surface area (Å²) in [6.45, 7) is 2.74. The topological polar surface area (TPSA) is 131 Å². The van der Waals surface area contributed by atoms with Crippen LogP contribution >= 0.6 is 0 Å². The molecule has 1 aromatic heterocycles. The van der Waals surface area contributed by atoms with Gasteiger partial charge in [0.2, 0.25) is 10.0 Å². The Morgan fingerprint density at radius 3 is 2.48 bits per heavy atom. The summed E-state index contributed by atoms with van der Waals surface area (Å²) < 4.78 is 32.2. The molecule has 11 heteroatoms. The van der Waals surface area contributed by atoms with Crippen molar-refractivity contribution in [3.8, 4) is 16.9 Å². The lowest BCUT2D eigenvalue weighted by atomic mass is 9.96. The van der Waals surface area contributed by atoms with Crippen LogP contribution in [-0.4, -0.2) is 42.4 Å². The van der Waals surface area contributed by atoms with Gasteiger partial charge in [-0.2, -0.15) is 0 Å². The molecule has 3 amide bonds. The van der Waals surface area contributed by atoms with E-state index in [0.717, 1.165) is 84.9 Å². The zero-order valence-electron chi connectivity index (χ0n) is 25.1. The highest BCUT2D eigenvalue weighted by atomic mass is 32.2. The van der Waals surface area contributed by atoms with E-state index in [-0.39, 0.29) is 17.8 Å². The number of carbonyl (C=O) groups is 2. The van der Waals surface area contributed by atoms with Gasteiger partial charge in [0.15, 0.2) is 0 Å². The lowest BCUT2D eigenvalue weighted by Gasteiger charge is -2.22. The van der Waals surface area contributed by atoms with Crippen LogP contribution in [0.3, 0.4) is 0 Å². The second-order valence-electron chi connectivity index (χ2n) is 11.3. The van der Waals surface area contributed by atoms with Gasteiger partial charge in [-0.1, -0.05) is 75.1 Å². The molecular formula is C33H39N5O5S. The van der Waals surface area contributed by atoms with Crippen molar-refractivity contribution in [1.82, 2.24) is 19.6 Å². The first-order valence-corrected chi connectivity index (χ1v) is 17.0.